The molecule has 0 aromatic carbocycles. The summed E-state index contributed by atoms with van der Waals surface area (Å²) in [6.45, 7) is 6.81. The normalized spacial score (nSPS) is 19.1. The number of aryl methyl sites for hydroxylation is 1. The number of halogens is 3. The predicted octanol–water partition coefficient (Wildman–Crippen LogP) is 2.16. The maximum absolute atomic E-state index is 12.8. The standard InChI is InChI=1S/C13H19F3N4/c1-3-10(20-6-4-17-5-7-20)12-18-9(2)8-11(19-12)13(14,15)16/h8,10,17H,3-7H2,1-2H3. The zero-order valence-electron chi connectivity index (χ0n) is 11.7. The fraction of sp³-hybridized carbons (Fsp3) is 0.692. The zero-order chi connectivity index (χ0) is 14.8. The second-order valence-electron chi connectivity index (χ2n) is 4.96. The van der Waals surface area contributed by atoms with Crippen LogP contribution in [0.5, 0.6) is 0 Å². The minimum atomic E-state index is -4.43. The molecule has 1 atom stereocenters. The summed E-state index contributed by atoms with van der Waals surface area (Å²) in [5.74, 6) is 0.279. The van der Waals surface area contributed by atoms with Crippen molar-refractivity contribution in [2.75, 3.05) is 26.2 Å². The van der Waals surface area contributed by atoms with E-state index in [2.05, 4.69) is 20.2 Å². The lowest BCUT2D eigenvalue weighted by Crippen LogP contribution is -2.45. The first-order valence-corrected chi connectivity index (χ1v) is 6.79. The molecule has 2 heterocycles. The third-order valence-corrected chi connectivity index (χ3v) is 3.44. The maximum Gasteiger partial charge on any atom is 0.433 e. The summed E-state index contributed by atoms with van der Waals surface area (Å²) in [6, 6.07) is 0.839. The lowest BCUT2D eigenvalue weighted by atomic mass is 10.1. The van der Waals surface area contributed by atoms with Crippen LogP contribution in [0.1, 0.15) is 36.6 Å². The molecule has 0 bridgehead atoms. The van der Waals surface area contributed by atoms with Gasteiger partial charge >= 0.3 is 6.18 Å². The van der Waals surface area contributed by atoms with E-state index in [1.54, 1.807) is 6.92 Å². The summed E-state index contributed by atoms with van der Waals surface area (Å²) in [5, 5.41) is 3.23. The van der Waals surface area contributed by atoms with Crippen LogP contribution in [0, 0.1) is 6.92 Å². The molecule has 1 fully saturated rings. The molecule has 1 saturated heterocycles. The van der Waals surface area contributed by atoms with Gasteiger partial charge in [-0.25, -0.2) is 9.97 Å². The minimum Gasteiger partial charge on any atom is -0.314 e. The van der Waals surface area contributed by atoms with E-state index >= 15 is 0 Å². The van der Waals surface area contributed by atoms with Gasteiger partial charge in [-0.3, -0.25) is 4.90 Å². The topological polar surface area (TPSA) is 41.1 Å². The molecule has 1 aromatic rings. The van der Waals surface area contributed by atoms with Crippen LogP contribution < -0.4 is 5.32 Å². The largest absolute Gasteiger partial charge is 0.433 e. The second-order valence-corrected chi connectivity index (χ2v) is 4.96. The quantitative estimate of drug-likeness (QED) is 0.925. The lowest BCUT2D eigenvalue weighted by Gasteiger charge is -2.33. The highest BCUT2D eigenvalue weighted by molar-refractivity contribution is 5.14. The van der Waals surface area contributed by atoms with Crippen molar-refractivity contribution in [3.63, 3.8) is 0 Å². The number of hydrogen-bond acceptors (Lipinski definition) is 4. The third-order valence-electron chi connectivity index (χ3n) is 3.44. The number of nitrogens with zero attached hydrogens (tertiary/aromatic N) is 3. The fourth-order valence-electron chi connectivity index (χ4n) is 2.48. The van der Waals surface area contributed by atoms with Gasteiger partial charge in [0.05, 0.1) is 6.04 Å². The van der Waals surface area contributed by atoms with Crippen molar-refractivity contribution in [3.8, 4) is 0 Å². The van der Waals surface area contributed by atoms with Crippen LogP contribution in [-0.2, 0) is 6.18 Å². The number of nitrogens with one attached hydrogen (secondary N) is 1. The van der Waals surface area contributed by atoms with Crippen molar-refractivity contribution in [1.82, 2.24) is 20.2 Å². The summed E-state index contributed by atoms with van der Waals surface area (Å²) in [7, 11) is 0. The molecular weight excluding hydrogens is 269 g/mol. The van der Waals surface area contributed by atoms with Crippen LogP contribution in [0.25, 0.3) is 0 Å². The van der Waals surface area contributed by atoms with Gasteiger partial charge in [0.1, 0.15) is 11.5 Å². The molecular formula is C13H19F3N4. The maximum atomic E-state index is 12.8. The summed E-state index contributed by atoms with van der Waals surface area (Å²) in [4.78, 5) is 10.1. The molecule has 0 saturated carbocycles. The molecule has 0 aliphatic carbocycles. The van der Waals surface area contributed by atoms with E-state index in [-0.39, 0.29) is 11.9 Å². The second kappa shape index (κ2) is 6.05. The Balaban J connectivity index is 2.31. The molecule has 1 aromatic heterocycles. The molecule has 0 spiro atoms. The first kappa shape index (κ1) is 15.2. The molecule has 1 aliphatic rings. The van der Waals surface area contributed by atoms with Crippen LogP contribution in [0.15, 0.2) is 6.07 Å². The number of hydrogen-bond donors (Lipinski definition) is 1. The number of piperazine rings is 1. The predicted molar refractivity (Wildman–Crippen MR) is 69.2 cm³/mol. The van der Waals surface area contributed by atoms with Crippen LogP contribution in [0.4, 0.5) is 13.2 Å². The van der Waals surface area contributed by atoms with Crippen molar-refractivity contribution in [2.45, 2.75) is 32.5 Å². The summed E-state index contributed by atoms with van der Waals surface area (Å²) in [5.41, 5.74) is -0.496. The van der Waals surface area contributed by atoms with Crippen LogP contribution in [-0.4, -0.2) is 41.0 Å². The smallest absolute Gasteiger partial charge is 0.314 e. The van der Waals surface area contributed by atoms with Gasteiger partial charge < -0.3 is 5.32 Å². The highest BCUT2D eigenvalue weighted by Gasteiger charge is 2.34. The molecule has 2 rings (SSSR count). The molecule has 1 unspecified atom stereocenters. The number of alkyl halides is 3. The Kier molecular flexibility index (Phi) is 4.59. The van der Waals surface area contributed by atoms with Gasteiger partial charge in [0.15, 0.2) is 0 Å². The lowest BCUT2D eigenvalue weighted by molar-refractivity contribution is -0.141. The average Bonchev–Trinajstić information content (AvgIpc) is 2.39. The van der Waals surface area contributed by atoms with E-state index in [0.717, 1.165) is 32.2 Å². The Labute approximate surface area is 116 Å². The first-order chi connectivity index (χ1) is 9.41. The Morgan fingerprint density at radius 2 is 1.95 bits per heavy atom. The molecule has 7 heteroatoms. The van der Waals surface area contributed by atoms with E-state index in [1.807, 2.05) is 6.92 Å². The highest BCUT2D eigenvalue weighted by atomic mass is 19.4. The van der Waals surface area contributed by atoms with E-state index in [1.165, 1.54) is 0 Å². The van der Waals surface area contributed by atoms with Gasteiger partial charge in [-0.2, -0.15) is 13.2 Å². The van der Waals surface area contributed by atoms with E-state index in [4.69, 9.17) is 0 Å². The van der Waals surface area contributed by atoms with Crippen LogP contribution >= 0.6 is 0 Å². The van der Waals surface area contributed by atoms with Gasteiger partial charge in [0.2, 0.25) is 0 Å². The van der Waals surface area contributed by atoms with Crippen molar-refractivity contribution in [1.29, 1.82) is 0 Å². The van der Waals surface area contributed by atoms with Gasteiger partial charge in [-0.15, -0.1) is 0 Å². The Morgan fingerprint density at radius 3 is 2.50 bits per heavy atom. The summed E-state index contributed by atoms with van der Waals surface area (Å²) in [6.07, 6.45) is -3.73. The third kappa shape index (κ3) is 3.46. The molecule has 20 heavy (non-hydrogen) atoms. The Bertz CT molecular complexity index is 455. The Hall–Kier alpha value is -1.21. The van der Waals surface area contributed by atoms with Gasteiger partial charge in [-0.05, 0) is 19.4 Å². The highest BCUT2D eigenvalue weighted by Crippen LogP contribution is 2.30. The summed E-state index contributed by atoms with van der Waals surface area (Å²) >= 11 is 0. The zero-order valence-corrected chi connectivity index (χ0v) is 11.7. The molecule has 1 aliphatic heterocycles. The van der Waals surface area contributed by atoms with Crippen molar-refractivity contribution in [2.24, 2.45) is 0 Å². The SMILES string of the molecule is CCC(c1nc(C)cc(C(F)(F)F)n1)N1CCNCC1. The molecule has 0 amide bonds. The van der Waals surface area contributed by atoms with Gasteiger partial charge in [0.25, 0.3) is 0 Å². The number of rotatable bonds is 3. The van der Waals surface area contributed by atoms with E-state index in [0.29, 0.717) is 12.1 Å². The minimum absolute atomic E-state index is 0.155. The monoisotopic (exact) mass is 288 g/mol. The van der Waals surface area contributed by atoms with Gasteiger partial charge in [0, 0.05) is 31.9 Å². The first-order valence-electron chi connectivity index (χ1n) is 6.79. The number of aromatic nitrogens is 2. The molecule has 1 N–H and O–H groups in total. The molecule has 112 valence electrons. The van der Waals surface area contributed by atoms with Crippen LogP contribution in [0.3, 0.4) is 0 Å². The van der Waals surface area contributed by atoms with E-state index in [9.17, 15) is 13.2 Å². The van der Waals surface area contributed by atoms with Crippen molar-refractivity contribution < 1.29 is 13.2 Å². The van der Waals surface area contributed by atoms with Gasteiger partial charge in [-0.1, -0.05) is 6.92 Å². The Morgan fingerprint density at radius 1 is 1.30 bits per heavy atom. The summed E-state index contributed by atoms with van der Waals surface area (Å²) < 4.78 is 38.5. The van der Waals surface area contributed by atoms with Crippen LogP contribution in [0.2, 0.25) is 0 Å². The fourth-order valence-corrected chi connectivity index (χ4v) is 2.48. The van der Waals surface area contributed by atoms with E-state index < -0.39 is 11.9 Å². The average molecular weight is 288 g/mol. The molecule has 4 nitrogen and oxygen atoms in total. The molecule has 0 radical (unpaired) electrons. The van der Waals surface area contributed by atoms with Crippen molar-refractivity contribution in [3.05, 3.63) is 23.3 Å². The van der Waals surface area contributed by atoms with Crippen molar-refractivity contribution >= 4 is 0 Å².